The number of hydrogen-bond donors (Lipinski definition) is 0. The lowest BCUT2D eigenvalue weighted by Crippen LogP contribution is -2.08. The van der Waals surface area contributed by atoms with Gasteiger partial charge in [0.15, 0.2) is 0 Å². The Morgan fingerprint density at radius 2 is 1.53 bits per heavy atom. The topological polar surface area (TPSA) is 3.24 Å². The van der Waals surface area contributed by atoms with E-state index in [1.165, 1.54) is 16.7 Å². The molecule has 0 fully saturated rings. The van der Waals surface area contributed by atoms with E-state index < -0.39 is 0 Å². The van der Waals surface area contributed by atoms with Gasteiger partial charge >= 0.3 is 0 Å². The van der Waals surface area contributed by atoms with Crippen LogP contribution in [0.3, 0.4) is 0 Å². The van der Waals surface area contributed by atoms with Crippen LogP contribution < -0.4 is 0 Å². The summed E-state index contributed by atoms with van der Waals surface area (Å²) in [5.41, 5.74) is 3.82. The lowest BCUT2D eigenvalue weighted by atomic mass is 10.0. The molecule has 2 aromatic carbocycles. The predicted molar refractivity (Wildman–Crippen MR) is 73.5 cm³/mol. The highest BCUT2D eigenvalue weighted by molar-refractivity contribution is 5.63. The molecule has 2 aromatic rings. The number of nitrogens with zero attached hydrogens (tertiary/aromatic N) is 1. The molecule has 0 N–H and O–H groups in total. The zero-order valence-corrected chi connectivity index (χ0v) is 10.1. The summed E-state index contributed by atoms with van der Waals surface area (Å²) in [4.78, 5) is 2.07. The molecule has 0 aliphatic heterocycles. The molecule has 0 unspecified atom stereocenters. The molecule has 0 atom stereocenters. The summed E-state index contributed by atoms with van der Waals surface area (Å²) in [7, 11) is 2.03. The Balaban J connectivity index is 2.16. The SMILES string of the molecule is C=CN(C)Cc1ccc(-c2ccccc2)cc1. The molecule has 0 bridgehead atoms. The minimum atomic E-state index is 0.901. The molecule has 0 aliphatic rings. The third-order valence-corrected chi connectivity index (χ3v) is 2.80. The van der Waals surface area contributed by atoms with Crippen LogP contribution >= 0.6 is 0 Å². The summed E-state index contributed by atoms with van der Waals surface area (Å²) < 4.78 is 0. The van der Waals surface area contributed by atoms with Gasteiger partial charge in [-0.15, -0.1) is 0 Å². The Bertz CT molecular complexity index is 471. The van der Waals surface area contributed by atoms with Crippen molar-refractivity contribution in [2.45, 2.75) is 6.54 Å². The number of rotatable bonds is 4. The van der Waals surface area contributed by atoms with Gasteiger partial charge in [0.2, 0.25) is 0 Å². The first-order valence-electron chi connectivity index (χ1n) is 5.77. The molecule has 0 saturated heterocycles. The van der Waals surface area contributed by atoms with Crippen LogP contribution in [0.5, 0.6) is 0 Å². The van der Waals surface area contributed by atoms with Crippen molar-refractivity contribution in [3.63, 3.8) is 0 Å². The van der Waals surface area contributed by atoms with Crippen molar-refractivity contribution >= 4 is 0 Å². The van der Waals surface area contributed by atoms with E-state index in [1.54, 1.807) is 0 Å². The maximum atomic E-state index is 3.75. The Morgan fingerprint density at radius 3 is 2.12 bits per heavy atom. The van der Waals surface area contributed by atoms with Crippen LogP contribution in [-0.2, 0) is 6.54 Å². The summed E-state index contributed by atoms with van der Waals surface area (Å²) in [5.74, 6) is 0. The first-order chi connectivity index (χ1) is 8.29. The molecule has 0 saturated carbocycles. The second-order valence-corrected chi connectivity index (χ2v) is 4.16. The second kappa shape index (κ2) is 5.35. The fraction of sp³-hybridized carbons (Fsp3) is 0.125. The van der Waals surface area contributed by atoms with Crippen molar-refractivity contribution in [3.05, 3.63) is 72.9 Å². The fourth-order valence-corrected chi connectivity index (χ4v) is 1.79. The maximum Gasteiger partial charge on any atom is 0.0420 e. The highest BCUT2D eigenvalue weighted by Gasteiger charge is 1.98. The Kier molecular flexibility index (Phi) is 3.61. The molecule has 17 heavy (non-hydrogen) atoms. The van der Waals surface area contributed by atoms with Gasteiger partial charge in [0.1, 0.15) is 0 Å². The lowest BCUT2D eigenvalue weighted by molar-refractivity contribution is 0.452. The van der Waals surface area contributed by atoms with E-state index in [4.69, 9.17) is 0 Å². The van der Waals surface area contributed by atoms with Crippen LogP contribution in [0.4, 0.5) is 0 Å². The summed E-state index contributed by atoms with van der Waals surface area (Å²) >= 11 is 0. The molecule has 0 aromatic heterocycles. The predicted octanol–water partition coefficient (Wildman–Crippen LogP) is 3.93. The van der Waals surface area contributed by atoms with E-state index in [-0.39, 0.29) is 0 Å². The van der Waals surface area contributed by atoms with Crippen LogP contribution in [0.1, 0.15) is 5.56 Å². The first-order valence-corrected chi connectivity index (χ1v) is 5.77. The minimum absolute atomic E-state index is 0.901. The highest BCUT2D eigenvalue weighted by atomic mass is 15.1. The van der Waals surface area contributed by atoms with E-state index in [0.29, 0.717) is 0 Å². The van der Waals surface area contributed by atoms with E-state index in [2.05, 4.69) is 60.0 Å². The van der Waals surface area contributed by atoms with E-state index >= 15 is 0 Å². The van der Waals surface area contributed by atoms with Gasteiger partial charge in [-0.2, -0.15) is 0 Å². The normalized spacial score (nSPS) is 9.94. The summed E-state index contributed by atoms with van der Waals surface area (Å²) in [5, 5.41) is 0. The Hall–Kier alpha value is -2.02. The van der Waals surface area contributed by atoms with Crippen molar-refractivity contribution in [1.82, 2.24) is 4.90 Å². The van der Waals surface area contributed by atoms with Gasteiger partial charge in [0.25, 0.3) is 0 Å². The number of benzene rings is 2. The molecule has 2 rings (SSSR count). The monoisotopic (exact) mass is 223 g/mol. The maximum absolute atomic E-state index is 3.75. The van der Waals surface area contributed by atoms with Crippen LogP contribution in [0, 0.1) is 0 Å². The van der Waals surface area contributed by atoms with Gasteiger partial charge in [-0.25, -0.2) is 0 Å². The first kappa shape index (κ1) is 11.5. The molecule has 1 nitrogen and oxygen atoms in total. The minimum Gasteiger partial charge on any atom is -0.377 e. The average molecular weight is 223 g/mol. The smallest absolute Gasteiger partial charge is 0.0420 e. The average Bonchev–Trinajstić information content (AvgIpc) is 2.40. The molecule has 0 amide bonds. The van der Waals surface area contributed by atoms with Gasteiger partial charge in [-0.1, -0.05) is 61.2 Å². The van der Waals surface area contributed by atoms with Crippen LogP contribution in [0.25, 0.3) is 11.1 Å². The Morgan fingerprint density at radius 1 is 0.941 bits per heavy atom. The van der Waals surface area contributed by atoms with Crippen molar-refractivity contribution in [1.29, 1.82) is 0 Å². The van der Waals surface area contributed by atoms with E-state index in [0.717, 1.165) is 6.54 Å². The van der Waals surface area contributed by atoms with Crippen LogP contribution in [0.15, 0.2) is 67.4 Å². The van der Waals surface area contributed by atoms with Gasteiger partial charge in [0, 0.05) is 13.6 Å². The molecule has 0 heterocycles. The molecule has 1 heteroatoms. The van der Waals surface area contributed by atoms with E-state index in [9.17, 15) is 0 Å². The van der Waals surface area contributed by atoms with Gasteiger partial charge in [-0.05, 0) is 22.9 Å². The van der Waals surface area contributed by atoms with Crippen LogP contribution in [0.2, 0.25) is 0 Å². The second-order valence-electron chi connectivity index (χ2n) is 4.16. The van der Waals surface area contributed by atoms with Crippen molar-refractivity contribution in [2.24, 2.45) is 0 Å². The van der Waals surface area contributed by atoms with E-state index in [1.807, 2.05) is 19.3 Å². The van der Waals surface area contributed by atoms with Crippen LogP contribution in [-0.4, -0.2) is 11.9 Å². The molecule has 0 aliphatic carbocycles. The molecule has 86 valence electrons. The Labute approximate surface area is 103 Å². The lowest BCUT2D eigenvalue weighted by Gasteiger charge is -2.13. The van der Waals surface area contributed by atoms with Gasteiger partial charge in [-0.3, -0.25) is 0 Å². The molecule has 0 spiro atoms. The largest absolute Gasteiger partial charge is 0.377 e. The van der Waals surface area contributed by atoms with Crippen molar-refractivity contribution in [2.75, 3.05) is 7.05 Å². The highest BCUT2D eigenvalue weighted by Crippen LogP contribution is 2.19. The number of hydrogen-bond acceptors (Lipinski definition) is 1. The standard InChI is InChI=1S/C16H17N/c1-3-17(2)13-14-9-11-16(12-10-14)15-7-5-4-6-8-15/h3-12H,1,13H2,2H3. The third-order valence-electron chi connectivity index (χ3n) is 2.80. The summed E-state index contributed by atoms with van der Waals surface area (Å²) in [6.45, 7) is 4.65. The fourth-order valence-electron chi connectivity index (χ4n) is 1.79. The van der Waals surface area contributed by atoms with Crippen molar-refractivity contribution < 1.29 is 0 Å². The van der Waals surface area contributed by atoms with Gasteiger partial charge < -0.3 is 4.90 Å². The zero-order chi connectivity index (χ0) is 12.1. The molecule has 0 radical (unpaired) electrons. The zero-order valence-electron chi connectivity index (χ0n) is 10.1. The quantitative estimate of drug-likeness (QED) is 0.759. The van der Waals surface area contributed by atoms with Gasteiger partial charge in [0.05, 0.1) is 0 Å². The summed E-state index contributed by atoms with van der Waals surface area (Å²) in [6, 6.07) is 19.1. The molecular formula is C16H17N. The van der Waals surface area contributed by atoms with Crippen molar-refractivity contribution in [3.8, 4) is 11.1 Å². The molecular weight excluding hydrogens is 206 g/mol. The third kappa shape index (κ3) is 2.97. The summed E-state index contributed by atoms with van der Waals surface area (Å²) in [6.07, 6.45) is 1.84.